The Morgan fingerprint density at radius 2 is 1.83 bits per heavy atom. The summed E-state index contributed by atoms with van der Waals surface area (Å²) in [6.07, 6.45) is 27.9. The van der Waals surface area contributed by atoms with E-state index in [1.54, 1.807) is 0 Å². The van der Waals surface area contributed by atoms with E-state index < -0.39 is 5.97 Å². The molecule has 29 heavy (non-hydrogen) atoms. The molecule has 4 heteroatoms. The molecule has 0 unspecified atom stereocenters. The molecule has 0 aromatic carbocycles. The van der Waals surface area contributed by atoms with Crippen molar-refractivity contribution < 1.29 is 14.6 Å². The summed E-state index contributed by atoms with van der Waals surface area (Å²) in [7, 11) is 0. The number of carbonyl (C=O) groups is 1. The molecule has 0 aromatic rings. The minimum absolute atomic E-state index is 0.107. The van der Waals surface area contributed by atoms with Crippen molar-refractivity contribution in [3.63, 3.8) is 0 Å². The lowest BCUT2D eigenvalue weighted by Gasteiger charge is -2.10. The summed E-state index contributed by atoms with van der Waals surface area (Å²) in [5.74, 6) is -0.182. The van der Waals surface area contributed by atoms with Crippen molar-refractivity contribution >= 4 is 17.6 Å². The topological polar surface area (TPSA) is 46.5 Å². The number of ether oxygens (including phenoxy) is 1. The van der Waals surface area contributed by atoms with Gasteiger partial charge in [-0.15, -0.1) is 0 Å². The van der Waals surface area contributed by atoms with Crippen LogP contribution < -0.4 is 0 Å². The van der Waals surface area contributed by atoms with E-state index in [1.165, 1.54) is 11.1 Å². The fourth-order valence-electron chi connectivity index (χ4n) is 3.22. The van der Waals surface area contributed by atoms with Crippen molar-refractivity contribution in [2.24, 2.45) is 0 Å². The molecule has 0 amide bonds. The lowest BCUT2D eigenvalue weighted by Crippen LogP contribution is -1.98. The van der Waals surface area contributed by atoms with E-state index in [1.807, 2.05) is 18.2 Å². The van der Waals surface area contributed by atoms with Gasteiger partial charge in [0.05, 0.1) is 5.03 Å². The van der Waals surface area contributed by atoms with Crippen LogP contribution in [0.2, 0.25) is 0 Å². The average Bonchev–Trinajstić information content (AvgIpc) is 3.16. The zero-order valence-electron chi connectivity index (χ0n) is 16.3. The third kappa shape index (κ3) is 6.65. The normalized spacial score (nSPS) is 18.9. The van der Waals surface area contributed by atoms with E-state index in [4.69, 9.17) is 21.4 Å². The van der Waals surface area contributed by atoms with Crippen LogP contribution in [-0.2, 0) is 9.53 Å². The molecular formula is C25H25ClO3. The Hall–Kier alpha value is -2.78. The maximum atomic E-state index is 10.8. The second-order valence-corrected chi connectivity index (χ2v) is 7.44. The lowest BCUT2D eigenvalue weighted by atomic mass is 10.0. The minimum atomic E-state index is -0.803. The lowest BCUT2D eigenvalue weighted by molar-refractivity contribution is -0.136. The molecule has 0 atom stereocenters. The van der Waals surface area contributed by atoms with E-state index in [0.29, 0.717) is 30.2 Å². The Balaban J connectivity index is 1.60. The van der Waals surface area contributed by atoms with E-state index in [-0.39, 0.29) is 6.42 Å². The van der Waals surface area contributed by atoms with Crippen LogP contribution in [0, 0.1) is 0 Å². The molecule has 0 radical (unpaired) electrons. The minimum Gasteiger partial charge on any atom is -0.488 e. The SMILES string of the molecule is O=C(O)CCC1=CC(Cl)=C(OCC2=CC=CC(C3=CCC=CC=C3)=CC2)C=CC1. The predicted molar refractivity (Wildman–Crippen MR) is 118 cm³/mol. The van der Waals surface area contributed by atoms with E-state index in [2.05, 4.69) is 54.7 Å². The molecular weight excluding hydrogens is 384 g/mol. The highest BCUT2D eigenvalue weighted by Gasteiger charge is 2.10. The number of aliphatic carboxylic acids is 1. The zero-order chi connectivity index (χ0) is 20.5. The van der Waals surface area contributed by atoms with Crippen molar-refractivity contribution in [3.05, 3.63) is 106 Å². The van der Waals surface area contributed by atoms with Crippen molar-refractivity contribution in [2.75, 3.05) is 6.61 Å². The number of halogens is 1. The van der Waals surface area contributed by atoms with Crippen LogP contribution in [0.25, 0.3) is 0 Å². The van der Waals surface area contributed by atoms with Crippen LogP contribution in [0.15, 0.2) is 106 Å². The Labute approximate surface area is 177 Å². The summed E-state index contributed by atoms with van der Waals surface area (Å²) >= 11 is 6.40. The molecule has 0 saturated heterocycles. The Morgan fingerprint density at radius 1 is 1.00 bits per heavy atom. The van der Waals surface area contributed by atoms with Crippen molar-refractivity contribution in [1.29, 1.82) is 0 Å². The first kappa shape index (κ1) is 20.9. The van der Waals surface area contributed by atoms with E-state index >= 15 is 0 Å². The van der Waals surface area contributed by atoms with Gasteiger partial charge >= 0.3 is 5.97 Å². The first-order valence-electron chi connectivity index (χ1n) is 9.82. The van der Waals surface area contributed by atoms with Crippen molar-refractivity contribution in [3.8, 4) is 0 Å². The molecule has 0 bridgehead atoms. The smallest absolute Gasteiger partial charge is 0.303 e. The molecule has 0 spiro atoms. The first-order valence-corrected chi connectivity index (χ1v) is 10.2. The fourth-order valence-corrected chi connectivity index (χ4v) is 3.49. The molecule has 1 N–H and O–H groups in total. The number of carboxylic acids is 1. The van der Waals surface area contributed by atoms with E-state index in [9.17, 15) is 4.79 Å². The molecule has 3 aliphatic carbocycles. The maximum Gasteiger partial charge on any atom is 0.303 e. The molecule has 0 aromatic heterocycles. The monoisotopic (exact) mass is 408 g/mol. The van der Waals surface area contributed by atoms with Gasteiger partial charge in [0, 0.05) is 6.42 Å². The van der Waals surface area contributed by atoms with Gasteiger partial charge in [-0.05, 0) is 54.6 Å². The highest BCUT2D eigenvalue weighted by atomic mass is 35.5. The van der Waals surface area contributed by atoms with Gasteiger partial charge in [0.25, 0.3) is 0 Å². The van der Waals surface area contributed by atoms with Gasteiger partial charge in [-0.3, -0.25) is 4.79 Å². The van der Waals surface area contributed by atoms with Gasteiger partial charge < -0.3 is 9.84 Å². The number of hydrogen-bond acceptors (Lipinski definition) is 2. The van der Waals surface area contributed by atoms with E-state index in [0.717, 1.165) is 24.0 Å². The molecule has 0 fully saturated rings. The summed E-state index contributed by atoms with van der Waals surface area (Å²) in [4.78, 5) is 10.8. The largest absolute Gasteiger partial charge is 0.488 e. The summed E-state index contributed by atoms with van der Waals surface area (Å²) < 4.78 is 5.97. The molecule has 3 rings (SSSR count). The van der Waals surface area contributed by atoms with Crippen LogP contribution in [0.4, 0.5) is 0 Å². The summed E-state index contributed by atoms with van der Waals surface area (Å²) in [5.41, 5.74) is 4.61. The zero-order valence-corrected chi connectivity index (χ0v) is 17.1. The molecule has 0 aliphatic heterocycles. The summed E-state index contributed by atoms with van der Waals surface area (Å²) in [5, 5.41) is 9.37. The summed E-state index contributed by atoms with van der Waals surface area (Å²) in [6, 6.07) is 0. The highest BCUT2D eigenvalue weighted by Crippen LogP contribution is 2.26. The van der Waals surface area contributed by atoms with Crippen LogP contribution in [-0.4, -0.2) is 17.7 Å². The maximum absolute atomic E-state index is 10.8. The van der Waals surface area contributed by atoms with Crippen LogP contribution in [0.1, 0.15) is 32.1 Å². The first-order chi connectivity index (χ1) is 14.1. The summed E-state index contributed by atoms with van der Waals surface area (Å²) in [6.45, 7) is 0.457. The third-order valence-electron chi connectivity index (χ3n) is 4.81. The average molecular weight is 409 g/mol. The number of rotatable bonds is 7. The van der Waals surface area contributed by atoms with Gasteiger partial charge in [0.15, 0.2) is 0 Å². The molecule has 3 aliphatic rings. The quantitative estimate of drug-likeness (QED) is 0.525. The highest BCUT2D eigenvalue weighted by molar-refractivity contribution is 6.31. The predicted octanol–water partition coefficient (Wildman–Crippen LogP) is 6.46. The van der Waals surface area contributed by atoms with Crippen LogP contribution in [0.5, 0.6) is 0 Å². The van der Waals surface area contributed by atoms with Crippen molar-refractivity contribution in [2.45, 2.75) is 32.1 Å². The molecule has 150 valence electrons. The molecule has 0 saturated carbocycles. The standard InChI is InChI=1S/C25H25ClO3/c26-23-17-19(14-16-25(27)28)7-6-12-24(23)29-18-20-8-5-11-22(15-13-20)21-9-3-1-2-4-10-21/h1-3,5-6,8-12,15,17H,4,7,13-14,16,18H2,(H,27,28). The van der Waals surface area contributed by atoms with Crippen LogP contribution >= 0.6 is 11.6 Å². The Bertz CT molecular complexity index is 918. The fraction of sp³-hybridized carbons (Fsp3) is 0.240. The number of carboxylic acid groups (broad SMARTS) is 1. The van der Waals surface area contributed by atoms with Gasteiger partial charge in [-0.2, -0.15) is 0 Å². The van der Waals surface area contributed by atoms with Gasteiger partial charge in [0.1, 0.15) is 12.4 Å². The van der Waals surface area contributed by atoms with Gasteiger partial charge in [-0.25, -0.2) is 0 Å². The second-order valence-electron chi connectivity index (χ2n) is 7.03. The van der Waals surface area contributed by atoms with Crippen molar-refractivity contribution in [1.82, 2.24) is 0 Å². The number of hydrogen-bond donors (Lipinski definition) is 1. The molecule has 0 heterocycles. The van der Waals surface area contributed by atoms with Gasteiger partial charge in [-0.1, -0.05) is 77.9 Å². The van der Waals surface area contributed by atoms with Crippen LogP contribution in [0.3, 0.4) is 0 Å². The second kappa shape index (κ2) is 10.7. The number of allylic oxidation sites excluding steroid dienone is 16. The molecule has 3 nitrogen and oxygen atoms in total. The van der Waals surface area contributed by atoms with Gasteiger partial charge in [0.2, 0.25) is 0 Å². The Morgan fingerprint density at radius 3 is 2.69 bits per heavy atom. The Kier molecular flexibility index (Phi) is 7.71. The third-order valence-corrected chi connectivity index (χ3v) is 5.11.